The van der Waals surface area contributed by atoms with Gasteiger partial charge in [-0.25, -0.2) is 4.98 Å². The second kappa shape index (κ2) is 7.39. The molecule has 1 amide bonds. The average Bonchev–Trinajstić information content (AvgIpc) is 3.06. The summed E-state index contributed by atoms with van der Waals surface area (Å²) in [6, 6.07) is 9.81. The SMILES string of the molecule is C[C@@H](CN1CCOCC1)NC(=O)c1cncn1-c1ccccc1. The third-order valence-corrected chi connectivity index (χ3v) is 3.92. The topological polar surface area (TPSA) is 59.4 Å². The summed E-state index contributed by atoms with van der Waals surface area (Å²) in [6.45, 7) is 6.22. The van der Waals surface area contributed by atoms with Gasteiger partial charge in [0.25, 0.3) is 5.91 Å². The van der Waals surface area contributed by atoms with Crippen molar-refractivity contribution in [1.29, 1.82) is 0 Å². The maximum absolute atomic E-state index is 12.5. The molecule has 0 saturated carbocycles. The maximum Gasteiger partial charge on any atom is 0.270 e. The van der Waals surface area contributed by atoms with E-state index in [1.54, 1.807) is 17.1 Å². The molecule has 0 radical (unpaired) electrons. The van der Waals surface area contributed by atoms with Crippen LogP contribution in [0.2, 0.25) is 0 Å². The number of para-hydroxylation sites is 1. The number of ether oxygens (including phenoxy) is 1. The summed E-state index contributed by atoms with van der Waals surface area (Å²) in [5.74, 6) is -0.105. The third-order valence-electron chi connectivity index (χ3n) is 3.92. The quantitative estimate of drug-likeness (QED) is 0.904. The lowest BCUT2D eigenvalue weighted by Crippen LogP contribution is -2.46. The molecule has 1 aliphatic heterocycles. The molecule has 1 N–H and O–H groups in total. The minimum atomic E-state index is -0.105. The van der Waals surface area contributed by atoms with Gasteiger partial charge in [-0.05, 0) is 19.1 Å². The largest absolute Gasteiger partial charge is 0.379 e. The van der Waals surface area contributed by atoms with Crippen molar-refractivity contribution in [2.45, 2.75) is 13.0 Å². The molecule has 1 aromatic heterocycles. The lowest BCUT2D eigenvalue weighted by Gasteiger charge is -2.29. The van der Waals surface area contributed by atoms with Crippen molar-refractivity contribution in [3.8, 4) is 5.69 Å². The van der Waals surface area contributed by atoms with Gasteiger partial charge in [0.05, 0.1) is 25.7 Å². The van der Waals surface area contributed by atoms with Gasteiger partial charge >= 0.3 is 0 Å². The van der Waals surface area contributed by atoms with E-state index in [0.29, 0.717) is 5.69 Å². The Hall–Kier alpha value is -2.18. The number of amides is 1. The number of hydrogen-bond donors (Lipinski definition) is 1. The van der Waals surface area contributed by atoms with E-state index in [9.17, 15) is 4.79 Å². The van der Waals surface area contributed by atoms with Gasteiger partial charge in [0.15, 0.2) is 0 Å². The summed E-state index contributed by atoms with van der Waals surface area (Å²) in [7, 11) is 0. The Balaban J connectivity index is 1.63. The maximum atomic E-state index is 12.5. The highest BCUT2D eigenvalue weighted by Gasteiger charge is 2.18. The van der Waals surface area contributed by atoms with E-state index in [4.69, 9.17) is 4.74 Å². The minimum Gasteiger partial charge on any atom is -0.379 e. The molecule has 6 heteroatoms. The number of nitrogens with one attached hydrogen (secondary N) is 1. The zero-order valence-electron chi connectivity index (χ0n) is 13.3. The van der Waals surface area contributed by atoms with Crippen molar-refractivity contribution in [3.63, 3.8) is 0 Å². The molecular weight excluding hydrogens is 292 g/mol. The van der Waals surface area contributed by atoms with E-state index >= 15 is 0 Å². The molecule has 0 bridgehead atoms. The second-order valence-corrected chi connectivity index (χ2v) is 5.77. The van der Waals surface area contributed by atoms with Crippen molar-refractivity contribution in [2.75, 3.05) is 32.8 Å². The standard InChI is InChI=1S/C17H22N4O2/c1-14(12-20-7-9-23-10-8-20)19-17(22)16-11-18-13-21(16)15-5-3-2-4-6-15/h2-6,11,13-14H,7-10,12H2,1H3,(H,19,22)/t14-/m0/s1. The first-order chi connectivity index (χ1) is 11.2. The van der Waals surface area contributed by atoms with Crippen LogP contribution in [0.3, 0.4) is 0 Å². The van der Waals surface area contributed by atoms with Crippen LogP contribution < -0.4 is 5.32 Å². The van der Waals surface area contributed by atoms with E-state index in [2.05, 4.69) is 15.2 Å². The number of hydrogen-bond acceptors (Lipinski definition) is 4. The summed E-state index contributed by atoms with van der Waals surface area (Å²) < 4.78 is 7.15. The van der Waals surface area contributed by atoms with E-state index < -0.39 is 0 Å². The van der Waals surface area contributed by atoms with Crippen molar-refractivity contribution in [3.05, 3.63) is 48.5 Å². The third kappa shape index (κ3) is 3.97. The minimum absolute atomic E-state index is 0.0692. The number of aromatic nitrogens is 2. The van der Waals surface area contributed by atoms with Gasteiger partial charge in [-0.3, -0.25) is 14.3 Å². The Morgan fingerprint density at radius 3 is 2.78 bits per heavy atom. The molecule has 1 saturated heterocycles. The van der Waals surface area contributed by atoms with Crippen LogP contribution in [-0.4, -0.2) is 59.2 Å². The molecule has 122 valence electrons. The Bertz CT molecular complexity index is 635. The number of carbonyl (C=O) groups excluding carboxylic acids is 1. The number of nitrogens with zero attached hydrogens (tertiary/aromatic N) is 3. The zero-order valence-corrected chi connectivity index (χ0v) is 13.3. The van der Waals surface area contributed by atoms with Gasteiger partial charge in [-0.2, -0.15) is 0 Å². The molecule has 0 unspecified atom stereocenters. The van der Waals surface area contributed by atoms with Crippen molar-refractivity contribution in [1.82, 2.24) is 19.8 Å². The van der Waals surface area contributed by atoms with Gasteiger partial charge in [0.2, 0.25) is 0 Å². The van der Waals surface area contributed by atoms with E-state index in [1.807, 2.05) is 37.3 Å². The van der Waals surface area contributed by atoms with Crippen molar-refractivity contribution in [2.24, 2.45) is 0 Å². The molecule has 2 heterocycles. The Morgan fingerprint density at radius 1 is 1.30 bits per heavy atom. The lowest BCUT2D eigenvalue weighted by molar-refractivity contribution is 0.0342. The summed E-state index contributed by atoms with van der Waals surface area (Å²) in [5.41, 5.74) is 1.47. The molecule has 6 nitrogen and oxygen atoms in total. The number of carbonyl (C=O) groups is 1. The first-order valence-corrected chi connectivity index (χ1v) is 7.93. The molecule has 0 aliphatic carbocycles. The Kier molecular flexibility index (Phi) is 5.05. The molecule has 2 aromatic rings. The lowest BCUT2D eigenvalue weighted by atomic mass is 10.2. The summed E-state index contributed by atoms with van der Waals surface area (Å²) in [5, 5.41) is 3.06. The van der Waals surface area contributed by atoms with Gasteiger partial charge < -0.3 is 10.1 Å². The second-order valence-electron chi connectivity index (χ2n) is 5.77. The Labute approximate surface area is 136 Å². The Morgan fingerprint density at radius 2 is 2.04 bits per heavy atom. The first-order valence-electron chi connectivity index (χ1n) is 7.93. The van der Waals surface area contributed by atoms with Crippen LogP contribution in [-0.2, 0) is 4.74 Å². The molecule has 1 atom stereocenters. The van der Waals surface area contributed by atoms with Gasteiger partial charge in [-0.1, -0.05) is 18.2 Å². The molecule has 1 aromatic carbocycles. The van der Waals surface area contributed by atoms with Crippen molar-refractivity contribution >= 4 is 5.91 Å². The van der Waals surface area contributed by atoms with Gasteiger partial charge in [0, 0.05) is 31.4 Å². The van der Waals surface area contributed by atoms with Crippen LogP contribution in [0.1, 0.15) is 17.4 Å². The number of imidazole rings is 1. The highest BCUT2D eigenvalue weighted by molar-refractivity contribution is 5.93. The van der Waals surface area contributed by atoms with Crippen LogP contribution >= 0.6 is 0 Å². The van der Waals surface area contributed by atoms with Crippen LogP contribution in [0.4, 0.5) is 0 Å². The van der Waals surface area contributed by atoms with Crippen molar-refractivity contribution < 1.29 is 9.53 Å². The predicted octanol–water partition coefficient (Wildman–Crippen LogP) is 1.32. The monoisotopic (exact) mass is 314 g/mol. The molecular formula is C17H22N4O2. The average molecular weight is 314 g/mol. The van der Waals surface area contributed by atoms with E-state index in [0.717, 1.165) is 38.5 Å². The fourth-order valence-electron chi connectivity index (χ4n) is 2.77. The van der Waals surface area contributed by atoms with Crippen LogP contribution in [0, 0.1) is 0 Å². The van der Waals surface area contributed by atoms with Gasteiger partial charge in [0.1, 0.15) is 5.69 Å². The zero-order chi connectivity index (χ0) is 16.1. The van der Waals surface area contributed by atoms with E-state index in [-0.39, 0.29) is 11.9 Å². The molecule has 1 fully saturated rings. The fraction of sp³-hybridized carbons (Fsp3) is 0.412. The predicted molar refractivity (Wildman–Crippen MR) is 87.8 cm³/mol. The fourth-order valence-corrected chi connectivity index (χ4v) is 2.77. The molecule has 0 spiro atoms. The van der Waals surface area contributed by atoms with Crippen LogP contribution in [0.15, 0.2) is 42.9 Å². The number of rotatable bonds is 5. The molecule has 1 aliphatic rings. The summed E-state index contributed by atoms with van der Waals surface area (Å²) in [4.78, 5) is 19.0. The normalized spacial score (nSPS) is 16.9. The highest BCUT2D eigenvalue weighted by atomic mass is 16.5. The first kappa shape index (κ1) is 15.7. The number of benzene rings is 1. The van der Waals surface area contributed by atoms with E-state index in [1.165, 1.54) is 0 Å². The summed E-state index contributed by atoms with van der Waals surface area (Å²) in [6.07, 6.45) is 3.26. The molecule has 3 rings (SSSR count). The highest BCUT2D eigenvalue weighted by Crippen LogP contribution is 2.11. The van der Waals surface area contributed by atoms with Crippen LogP contribution in [0.25, 0.3) is 5.69 Å². The number of morpholine rings is 1. The molecule has 23 heavy (non-hydrogen) atoms. The summed E-state index contributed by atoms with van der Waals surface area (Å²) >= 11 is 0. The smallest absolute Gasteiger partial charge is 0.270 e. The van der Waals surface area contributed by atoms with Gasteiger partial charge in [-0.15, -0.1) is 0 Å². The van der Waals surface area contributed by atoms with Crippen LogP contribution in [0.5, 0.6) is 0 Å².